The lowest BCUT2D eigenvalue weighted by molar-refractivity contribution is 1.36. The van der Waals surface area contributed by atoms with Crippen molar-refractivity contribution >= 4 is 11.5 Å². The van der Waals surface area contributed by atoms with E-state index in [0.29, 0.717) is 11.3 Å². The third kappa shape index (κ3) is 2.07. The van der Waals surface area contributed by atoms with Crippen molar-refractivity contribution in [2.45, 2.75) is 13.8 Å². The van der Waals surface area contributed by atoms with Crippen LogP contribution >= 0.6 is 0 Å². The average Bonchev–Trinajstić information content (AvgIpc) is 2.30. The van der Waals surface area contributed by atoms with Crippen molar-refractivity contribution in [3.05, 3.63) is 53.1 Å². The second-order valence-electron chi connectivity index (χ2n) is 4.48. The fourth-order valence-corrected chi connectivity index (χ4v) is 2.14. The molecule has 0 unspecified atom stereocenters. The summed E-state index contributed by atoms with van der Waals surface area (Å²) in [5.74, 6) is 0.0129. The SMILES string of the molecule is Cc1ccc(-c2ccc(N)c(C(=N)N)c2C)cc1. The van der Waals surface area contributed by atoms with Crippen LogP contribution in [0.15, 0.2) is 36.4 Å². The Morgan fingerprint density at radius 1 is 1.00 bits per heavy atom. The molecule has 0 saturated carbocycles. The molecule has 0 amide bonds. The molecule has 0 bridgehead atoms. The van der Waals surface area contributed by atoms with Crippen LogP contribution in [-0.4, -0.2) is 5.84 Å². The fraction of sp³-hybridized carbons (Fsp3) is 0.133. The minimum atomic E-state index is 0.0129. The maximum Gasteiger partial charge on any atom is 0.125 e. The molecule has 2 aromatic carbocycles. The van der Waals surface area contributed by atoms with Crippen molar-refractivity contribution < 1.29 is 0 Å². The van der Waals surface area contributed by atoms with Crippen LogP contribution in [0.3, 0.4) is 0 Å². The molecule has 2 rings (SSSR count). The summed E-state index contributed by atoms with van der Waals surface area (Å²) in [6, 6.07) is 12.0. The van der Waals surface area contributed by atoms with E-state index >= 15 is 0 Å². The van der Waals surface area contributed by atoms with Crippen LogP contribution in [0.2, 0.25) is 0 Å². The van der Waals surface area contributed by atoms with E-state index in [4.69, 9.17) is 16.9 Å². The Hall–Kier alpha value is -2.29. The number of hydrogen-bond donors (Lipinski definition) is 3. The third-order valence-electron chi connectivity index (χ3n) is 3.13. The summed E-state index contributed by atoms with van der Waals surface area (Å²) >= 11 is 0. The van der Waals surface area contributed by atoms with E-state index in [0.717, 1.165) is 16.7 Å². The van der Waals surface area contributed by atoms with E-state index < -0.39 is 0 Å². The summed E-state index contributed by atoms with van der Waals surface area (Å²) in [6.07, 6.45) is 0. The maximum atomic E-state index is 7.61. The number of anilines is 1. The van der Waals surface area contributed by atoms with Crippen molar-refractivity contribution in [3.8, 4) is 11.1 Å². The van der Waals surface area contributed by atoms with Gasteiger partial charge in [-0.3, -0.25) is 5.41 Å². The van der Waals surface area contributed by atoms with Gasteiger partial charge in [0, 0.05) is 11.3 Å². The number of nitrogen functional groups attached to an aromatic ring is 2. The Morgan fingerprint density at radius 2 is 1.61 bits per heavy atom. The number of rotatable bonds is 2. The predicted molar refractivity (Wildman–Crippen MR) is 76.8 cm³/mol. The molecule has 0 radical (unpaired) electrons. The molecule has 3 nitrogen and oxygen atoms in total. The van der Waals surface area contributed by atoms with Gasteiger partial charge in [0.25, 0.3) is 0 Å². The number of aryl methyl sites for hydroxylation is 1. The largest absolute Gasteiger partial charge is 0.398 e. The zero-order chi connectivity index (χ0) is 13.3. The summed E-state index contributed by atoms with van der Waals surface area (Å²) in [7, 11) is 0. The Bertz CT molecular complexity index is 598. The van der Waals surface area contributed by atoms with Gasteiger partial charge in [0.05, 0.1) is 0 Å². The van der Waals surface area contributed by atoms with Gasteiger partial charge >= 0.3 is 0 Å². The molecule has 0 saturated heterocycles. The van der Waals surface area contributed by atoms with Crippen molar-refractivity contribution in [1.82, 2.24) is 0 Å². The lowest BCUT2D eigenvalue weighted by Gasteiger charge is -2.13. The summed E-state index contributed by atoms with van der Waals surface area (Å²) in [5.41, 5.74) is 17.0. The third-order valence-corrected chi connectivity index (χ3v) is 3.13. The van der Waals surface area contributed by atoms with Gasteiger partial charge in [0.1, 0.15) is 5.84 Å². The van der Waals surface area contributed by atoms with Gasteiger partial charge < -0.3 is 11.5 Å². The summed E-state index contributed by atoms with van der Waals surface area (Å²) < 4.78 is 0. The van der Waals surface area contributed by atoms with Gasteiger partial charge in [-0.25, -0.2) is 0 Å². The lowest BCUT2D eigenvalue weighted by Crippen LogP contribution is -2.15. The molecule has 0 spiro atoms. The molecule has 5 N–H and O–H groups in total. The molecule has 0 aromatic heterocycles. The fourth-order valence-electron chi connectivity index (χ4n) is 2.14. The van der Waals surface area contributed by atoms with E-state index in [1.165, 1.54) is 5.56 Å². The molecule has 3 heteroatoms. The number of hydrogen-bond acceptors (Lipinski definition) is 2. The molecule has 18 heavy (non-hydrogen) atoms. The summed E-state index contributed by atoms with van der Waals surface area (Å²) in [4.78, 5) is 0. The second-order valence-corrected chi connectivity index (χ2v) is 4.48. The van der Waals surface area contributed by atoms with Crippen molar-refractivity contribution in [3.63, 3.8) is 0 Å². The second kappa shape index (κ2) is 4.53. The van der Waals surface area contributed by atoms with Gasteiger partial charge in [-0.2, -0.15) is 0 Å². The van der Waals surface area contributed by atoms with E-state index in [2.05, 4.69) is 31.2 Å². The van der Waals surface area contributed by atoms with Gasteiger partial charge in [0.15, 0.2) is 0 Å². The molecule has 0 atom stereocenters. The number of nitrogens with one attached hydrogen (secondary N) is 1. The molecular formula is C15H17N3. The molecule has 0 aliphatic heterocycles. The first-order valence-electron chi connectivity index (χ1n) is 5.81. The molecule has 2 aromatic rings. The Kier molecular flexibility index (Phi) is 3.06. The first-order chi connectivity index (χ1) is 8.50. The summed E-state index contributed by atoms with van der Waals surface area (Å²) in [6.45, 7) is 4.00. The normalized spacial score (nSPS) is 10.3. The van der Waals surface area contributed by atoms with Crippen molar-refractivity contribution in [1.29, 1.82) is 5.41 Å². The number of amidine groups is 1. The van der Waals surface area contributed by atoms with Crippen LogP contribution < -0.4 is 11.5 Å². The zero-order valence-corrected chi connectivity index (χ0v) is 10.6. The maximum absolute atomic E-state index is 7.61. The van der Waals surface area contributed by atoms with Crippen molar-refractivity contribution in [2.24, 2.45) is 5.73 Å². The van der Waals surface area contributed by atoms with Crippen LogP contribution in [0.25, 0.3) is 11.1 Å². The first-order valence-corrected chi connectivity index (χ1v) is 5.81. The highest BCUT2D eigenvalue weighted by Gasteiger charge is 2.11. The minimum absolute atomic E-state index is 0.0129. The molecule has 0 aliphatic rings. The van der Waals surface area contributed by atoms with Gasteiger partial charge in [-0.1, -0.05) is 35.9 Å². The quantitative estimate of drug-likeness (QED) is 0.428. The van der Waals surface area contributed by atoms with Crippen LogP contribution in [0.5, 0.6) is 0 Å². The van der Waals surface area contributed by atoms with Crippen LogP contribution in [0, 0.1) is 19.3 Å². The predicted octanol–water partition coefficient (Wildman–Crippen LogP) is 2.84. The first kappa shape index (κ1) is 12.2. The highest BCUT2D eigenvalue weighted by Crippen LogP contribution is 2.29. The van der Waals surface area contributed by atoms with Crippen LogP contribution in [-0.2, 0) is 0 Å². The highest BCUT2D eigenvalue weighted by molar-refractivity contribution is 6.03. The highest BCUT2D eigenvalue weighted by atomic mass is 14.7. The number of nitrogens with two attached hydrogens (primary N) is 2. The van der Waals surface area contributed by atoms with Crippen molar-refractivity contribution in [2.75, 3.05) is 5.73 Å². The van der Waals surface area contributed by atoms with Gasteiger partial charge in [0.2, 0.25) is 0 Å². The molecule has 0 heterocycles. The van der Waals surface area contributed by atoms with E-state index in [-0.39, 0.29) is 5.84 Å². The van der Waals surface area contributed by atoms with Crippen LogP contribution in [0.4, 0.5) is 5.69 Å². The monoisotopic (exact) mass is 239 g/mol. The summed E-state index contributed by atoms with van der Waals surface area (Å²) in [5, 5.41) is 7.61. The molecule has 0 aliphatic carbocycles. The van der Waals surface area contributed by atoms with E-state index in [1.807, 2.05) is 13.0 Å². The lowest BCUT2D eigenvalue weighted by atomic mass is 9.94. The smallest absolute Gasteiger partial charge is 0.125 e. The number of benzene rings is 2. The standard InChI is InChI=1S/C15H17N3/c1-9-3-5-11(6-4-9)12-7-8-13(16)14(10(12)2)15(17)18/h3-8H,16H2,1-2H3,(H3,17,18). The van der Waals surface area contributed by atoms with Gasteiger partial charge in [-0.15, -0.1) is 0 Å². The molecule has 0 fully saturated rings. The Morgan fingerprint density at radius 3 is 2.17 bits per heavy atom. The zero-order valence-electron chi connectivity index (χ0n) is 10.6. The molecule has 92 valence electrons. The van der Waals surface area contributed by atoms with Crippen LogP contribution in [0.1, 0.15) is 16.7 Å². The topological polar surface area (TPSA) is 75.9 Å². The van der Waals surface area contributed by atoms with E-state index in [9.17, 15) is 0 Å². The average molecular weight is 239 g/mol. The molecular weight excluding hydrogens is 222 g/mol. The van der Waals surface area contributed by atoms with E-state index in [1.54, 1.807) is 6.07 Å². The van der Waals surface area contributed by atoms with Gasteiger partial charge in [-0.05, 0) is 36.6 Å². The minimum Gasteiger partial charge on any atom is -0.398 e. The Balaban J connectivity index is 2.62. The Labute approximate surface area is 107 Å².